The molecule has 0 aromatic heterocycles. The molecule has 1 N–H and O–H groups in total. The summed E-state index contributed by atoms with van der Waals surface area (Å²) in [6.07, 6.45) is 1.42. The molecule has 0 saturated heterocycles. The SMILES string of the molecule is CC(C)OCCCNCc1ccccc1.Cl. The largest absolute Gasteiger partial charge is 0.379 e. The van der Waals surface area contributed by atoms with Crippen molar-refractivity contribution in [2.75, 3.05) is 13.2 Å². The maximum atomic E-state index is 5.45. The number of halogens is 1. The Balaban J connectivity index is 0.00000225. The van der Waals surface area contributed by atoms with E-state index in [1.165, 1.54) is 5.56 Å². The van der Waals surface area contributed by atoms with Crippen LogP contribution in [0.5, 0.6) is 0 Å². The first-order valence-corrected chi connectivity index (χ1v) is 5.65. The predicted molar refractivity (Wildman–Crippen MR) is 71.1 cm³/mol. The van der Waals surface area contributed by atoms with Crippen LogP contribution in [0, 0.1) is 0 Å². The van der Waals surface area contributed by atoms with E-state index in [1.807, 2.05) is 6.07 Å². The fraction of sp³-hybridized carbons (Fsp3) is 0.538. The van der Waals surface area contributed by atoms with Gasteiger partial charge in [-0.2, -0.15) is 0 Å². The molecular weight excluding hydrogens is 222 g/mol. The molecule has 3 heteroatoms. The van der Waals surface area contributed by atoms with Crippen LogP contribution in [0.15, 0.2) is 30.3 Å². The summed E-state index contributed by atoms with van der Waals surface area (Å²) in [5, 5.41) is 3.40. The Morgan fingerprint density at radius 2 is 1.88 bits per heavy atom. The number of hydrogen-bond donors (Lipinski definition) is 1. The lowest BCUT2D eigenvalue weighted by molar-refractivity contribution is 0.0770. The standard InChI is InChI=1S/C13H21NO.ClH/c1-12(2)15-10-6-9-14-11-13-7-4-3-5-8-13;/h3-5,7-8,12,14H,6,9-11H2,1-2H3;1H. The van der Waals surface area contributed by atoms with Gasteiger partial charge in [-0.25, -0.2) is 0 Å². The Morgan fingerprint density at radius 1 is 1.19 bits per heavy atom. The number of nitrogens with one attached hydrogen (secondary N) is 1. The summed E-state index contributed by atoms with van der Waals surface area (Å²) in [4.78, 5) is 0. The fourth-order valence-electron chi connectivity index (χ4n) is 1.34. The molecule has 0 aliphatic heterocycles. The molecule has 0 bridgehead atoms. The Kier molecular flexibility index (Phi) is 9.30. The zero-order chi connectivity index (χ0) is 10.9. The van der Waals surface area contributed by atoms with E-state index in [0.717, 1.165) is 26.1 Å². The first kappa shape index (κ1) is 15.4. The third-order valence-corrected chi connectivity index (χ3v) is 2.12. The molecule has 0 aliphatic carbocycles. The number of rotatable bonds is 7. The molecule has 1 rings (SSSR count). The summed E-state index contributed by atoms with van der Waals surface area (Å²) in [7, 11) is 0. The molecule has 0 spiro atoms. The van der Waals surface area contributed by atoms with Crippen LogP contribution < -0.4 is 5.32 Å². The summed E-state index contributed by atoms with van der Waals surface area (Å²) < 4.78 is 5.45. The highest BCUT2D eigenvalue weighted by molar-refractivity contribution is 5.85. The van der Waals surface area contributed by atoms with E-state index in [2.05, 4.69) is 43.4 Å². The molecule has 1 aromatic carbocycles. The van der Waals surface area contributed by atoms with E-state index in [-0.39, 0.29) is 12.4 Å². The van der Waals surface area contributed by atoms with Gasteiger partial charge in [0.25, 0.3) is 0 Å². The van der Waals surface area contributed by atoms with Gasteiger partial charge in [-0.1, -0.05) is 30.3 Å². The number of ether oxygens (including phenoxy) is 1. The maximum absolute atomic E-state index is 5.45. The van der Waals surface area contributed by atoms with Gasteiger partial charge in [-0.05, 0) is 32.4 Å². The second-order valence-corrected chi connectivity index (χ2v) is 3.94. The maximum Gasteiger partial charge on any atom is 0.0518 e. The Morgan fingerprint density at radius 3 is 2.50 bits per heavy atom. The average molecular weight is 244 g/mol. The summed E-state index contributed by atoms with van der Waals surface area (Å²) >= 11 is 0. The number of benzene rings is 1. The molecule has 0 atom stereocenters. The van der Waals surface area contributed by atoms with Crippen LogP contribution in [0.3, 0.4) is 0 Å². The van der Waals surface area contributed by atoms with E-state index in [4.69, 9.17) is 4.74 Å². The zero-order valence-electron chi connectivity index (χ0n) is 10.1. The highest BCUT2D eigenvalue weighted by atomic mass is 35.5. The molecule has 0 aliphatic rings. The first-order chi connectivity index (χ1) is 7.29. The highest BCUT2D eigenvalue weighted by Crippen LogP contribution is 1.97. The highest BCUT2D eigenvalue weighted by Gasteiger charge is 1.93. The average Bonchev–Trinajstić information content (AvgIpc) is 2.24. The van der Waals surface area contributed by atoms with Crippen molar-refractivity contribution in [3.05, 3.63) is 35.9 Å². The van der Waals surface area contributed by atoms with Crippen LogP contribution in [0.4, 0.5) is 0 Å². The van der Waals surface area contributed by atoms with Crippen molar-refractivity contribution >= 4 is 12.4 Å². The lowest BCUT2D eigenvalue weighted by Crippen LogP contribution is -2.17. The molecule has 0 unspecified atom stereocenters. The van der Waals surface area contributed by atoms with Crippen LogP contribution in [0.2, 0.25) is 0 Å². The van der Waals surface area contributed by atoms with Gasteiger partial charge < -0.3 is 10.1 Å². The normalized spacial score (nSPS) is 10.2. The molecule has 0 saturated carbocycles. The Bertz CT molecular complexity index is 251. The Labute approximate surface area is 105 Å². The van der Waals surface area contributed by atoms with Crippen LogP contribution in [-0.2, 0) is 11.3 Å². The predicted octanol–water partition coefficient (Wildman–Crippen LogP) is 3.01. The van der Waals surface area contributed by atoms with Gasteiger partial charge in [0.2, 0.25) is 0 Å². The number of hydrogen-bond acceptors (Lipinski definition) is 2. The second-order valence-electron chi connectivity index (χ2n) is 3.94. The smallest absolute Gasteiger partial charge is 0.0518 e. The van der Waals surface area contributed by atoms with Gasteiger partial charge in [0.05, 0.1) is 6.10 Å². The lowest BCUT2D eigenvalue weighted by atomic mass is 10.2. The van der Waals surface area contributed by atoms with Gasteiger partial charge in [-0.15, -0.1) is 12.4 Å². The lowest BCUT2D eigenvalue weighted by Gasteiger charge is -2.08. The first-order valence-electron chi connectivity index (χ1n) is 5.65. The quantitative estimate of drug-likeness (QED) is 0.744. The van der Waals surface area contributed by atoms with Crippen molar-refractivity contribution in [1.82, 2.24) is 5.32 Å². The van der Waals surface area contributed by atoms with Crippen LogP contribution in [-0.4, -0.2) is 19.3 Å². The zero-order valence-corrected chi connectivity index (χ0v) is 10.9. The van der Waals surface area contributed by atoms with Crippen LogP contribution >= 0.6 is 12.4 Å². The molecule has 2 nitrogen and oxygen atoms in total. The molecule has 0 amide bonds. The molecule has 0 fully saturated rings. The van der Waals surface area contributed by atoms with Crippen molar-refractivity contribution in [2.45, 2.75) is 32.9 Å². The van der Waals surface area contributed by atoms with Crippen molar-refractivity contribution in [1.29, 1.82) is 0 Å². The van der Waals surface area contributed by atoms with Gasteiger partial charge in [0.15, 0.2) is 0 Å². The van der Waals surface area contributed by atoms with E-state index >= 15 is 0 Å². The van der Waals surface area contributed by atoms with E-state index < -0.39 is 0 Å². The van der Waals surface area contributed by atoms with Crippen molar-refractivity contribution in [3.63, 3.8) is 0 Å². The minimum absolute atomic E-state index is 0. The second kappa shape index (κ2) is 9.64. The van der Waals surface area contributed by atoms with E-state index in [0.29, 0.717) is 6.10 Å². The summed E-state index contributed by atoms with van der Waals surface area (Å²) in [5.41, 5.74) is 1.34. The summed E-state index contributed by atoms with van der Waals surface area (Å²) in [6.45, 7) is 6.94. The molecular formula is C13H22ClNO. The topological polar surface area (TPSA) is 21.3 Å². The summed E-state index contributed by atoms with van der Waals surface area (Å²) in [5.74, 6) is 0. The molecule has 1 aromatic rings. The van der Waals surface area contributed by atoms with Crippen molar-refractivity contribution < 1.29 is 4.74 Å². The van der Waals surface area contributed by atoms with E-state index in [9.17, 15) is 0 Å². The molecule has 16 heavy (non-hydrogen) atoms. The Hall–Kier alpha value is -0.570. The van der Waals surface area contributed by atoms with Gasteiger partial charge in [-0.3, -0.25) is 0 Å². The molecule has 92 valence electrons. The van der Waals surface area contributed by atoms with Gasteiger partial charge in [0, 0.05) is 13.2 Å². The van der Waals surface area contributed by atoms with Gasteiger partial charge in [0.1, 0.15) is 0 Å². The molecule has 0 radical (unpaired) electrons. The van der Waals surface area contributed by atoms with E-state index in [1.54, 1.807) is 0 Å². The minimum Gasteiger partial charge on any atom is -0.379 e. The van der Waals surface area contributed by atoms with Crippen molar-refractivity contribution in [3.8, 4) is 0 Å². The molecule has 0 heterocycles. The summed E-state index contributed by atoms with van der Waals surface area (Å²) in [6, 6.07) is 10.5. The monoisotopic (exact) mass is 243 g/mol. The van der Waals surface area contributed by atoms with Crippen LogP contribution in [0.1, 0.15) is 25.8 Å². The van der Waals surface area contributed by atoms with Gasteiger partial charge >= 0.3 is 0 Å². The van der Waals surface area contributed by atoms with Crippen LogP contribution in [0.25, 0.3) is 0 Å². The third kappa shape index (κ3) is 7.69. The fourth-order valence-corrected chi connectivity index (χ4v) is 1.34. The third-order valence-electron chi connectivity index (χ3n) is 2.12. The van der Waals surface area contributed by atoms with Crippen molar-refractivity contribution in [2.24, 2.45) is 0 Å². The minimum atomic E-state index is 0.